The van der Waals surface area contributed by atoms with Crippen molar-refractivity contribution in [2.24, 2.45) is 0 Å². The Bertz CT molecular complexity index is 666. The lowest BCUT2D eigenvalue weighted by molar-refractivity contribution is 0.545. The van der Waals surface area contributed by atoms with Crippen LogP contribution in [0.2, 0.25) is 0 Å². The first kappa shape index (κ1) is 14.1. The second kappa shape index (κ2) is 4.98. The van der Waals surface area contributed by atoms with Crippen LogP contribution in [0.5, 0.6) is 0 Å². The van der Waals surface area contributed by atoms with Crippen LogP contribution in [0.4, 0.5) is 0 Å². The number of nitrogens with one attached hydrogen (secondary N) is 2. The molecule has 0 radical (unpaired) electrons. The number of sulfonamides is 1. The van der Waals surface area contributed by atoms with Crippen molar-refractivity contribution in [2.45, 2.75) is 31.9 Å². The van der Waals surface area contributed by atoms with E-state index in [1.54, 1.807) is 20.8 Å². The SMILES string of the molecule is CC(C)(C)S(=O)(=O)NCCc1c[nH]c2ccccc12. The quantitative estimate of drug-likeness (QED) is 0.903. The summed E-state index contributed by atoms with van der Waals surface area (Å²) in [6.45, 7) is 5.50. The minimum Gasteiger partial charge on any atom is -0.361 e. The van der Waals surface area contributed by atoms with Gasteiger partial charge in [-0.2, -0.15) is 0 Å². The molecule has 0 saturated heterocycles. The zero-order valence-electron chi connectivity index (χ0n) is 11.5. The van der Waals surface area contributed by atoms with Crippen molar-refractivity contribution in [1.82, 2.24) is 9.71 Å². The Morgan fingerprint density at radius 1 is 1.21 bits per heavy atom. The monoisotopic (exact) mass is 280 g/mol. The van der Waals surface area contributed by atoms with Crippen LogP contribution in [0, 0.1) is 0 Å². The first-order chi connectivity index (χ1) is 8.81. The van der Waals surface area contributed by atoms with E-state index in [1.165, 1.54) is 0 Å². The lowest BCUT2D eigenvalue weighted by Gasteiger charge is -2.19. The summed E-state index contributed by atoms with van der Waals surface area (Å²) in [5.41, 5.74) is 2.21. The van der Waals surface area contributed by atoms with Crippen molar-refractivity contribution < 1.29 is 8.42 Å². The Kier molecular flexibility index (Phi) is 3.69. The zero-order chi connectivity index (χ0) is 14.1. The third kappa shape index (κ3) is 2.98. The molecule has 0 aliphatic carbocycles. The Morgan fingerprint density at radius 2 is 1.89 bits per heavy atom. The van der Waals surface area contributed by atoms with E-state index >= 15 is 0 Å². The molecular weight excluding hydrogens is 260 g/mol. The number of hydrogen-bond donors (Lipinski definition) is 2. The Hall–Kier alpha value is -1.33. The number of fused-ring (bicyclic) bond motifs is 1. The van der Waals surface area contributed by atoms with Crippen LogP contribution in [0.15, 0.2) is 30.5 Å². The summed E-state index contributed by atoms with van der Waals surface area (Å²) in [6, 6.07) is 8.02. The lowest BCUT2D eigenvalue weighted by Crippen LogP contribution is -2.40. The van der Waals surface area contributed by atoms with Gasteiger partial charge in [0, 0.05) is 23.6 Å². The third-order valence-electron chi connectivity index (χ3n) is 3.17. The third-order valence-corrected chi connectivity index (χ3v) is 5.36. The first-order valence-electron chi connectivity index (χ1n) is 6.35. The van der Waals surface area contributed by atoms with Crippen molar-refractivity contribution in [3.8, 4) is 0 Å². The molecule has 104 valence electrons. The van der Waals surface area contributed by atoms with Gasteiger partial charge in [-0.25, -0.2) is 13.1 Å². The molecule has 0 fully saturated rings. The number of hydrogen-bond acceptors (Lipinski definition) is 2. The number of benzene rings is 1. The highest BCUT2D eigenvalue weighted by Crippen LogP contribution is 2.18. The van der Waals surface area contributed by atoms with E-state index in [9.17, 15) is 8.42 Å². The Balaban J connectivity index is 2.05. The van der Waals surface area contributed by atoms with Gasteiger partial charge in [0.25, 0.3) is 0 Å². The van der Waals surface area contributed by atoms with Crippen molar-refractivity contribution in [3.63, 3.8) is 0 Å². The maximum Gasteiger partial charge on any atom is 0.216 e. The summed E-state index contributed by atoms with van der Waals surface area (Å²) in [7, 11) is -3.26. The zero-order valence-corrected chi connectivity index (χ0v) is 12.3. The van der Waals surface area contributed by atoms with Crippen LogP contribution >= 0.6 is 0 Å². The van der Waals surface area contributed by atoms with Gasteiger partial charge < -0.3 is 4.98 Å². The molecule has 1 aromatic heterocycles. The van der Waals surface area contributed by atoms with Gasteiger partial charge >= 0.3 is 0 Å². The van der Waals surface area contributed by atoms with Gasteiger partial charge in [-0.05, 0) is 38.8 Å². The van der Waals surface area contributed by atoms with E-state index in [2.05, 4.69) is 9.71 Å². The molecule has 5 heteroatoms. The average molecular weight is 280 g/mol. The van der Waals surface area contributed by atoms with Gasteiger partial charge in [0.05, 0.1) is 4.75 Å². The van der Waals surface area contributed by atoms with Crippen LogP contribution in [-0.2, 0) is 16.4 Å². The minimum atomic E-state index is -3.26. The van der Waals surface area contributed by atoms with Crippen molar-refractivity contribution in [2.75, 3.05) is 6.54 Å². The standard InChI is InChI=1S/C14H20N2O2S/c1-14(2,3)19(17,18)16-9-8-11-10-15-13-7-5-4-6-12(11)13/h4-7,10,15-16H,8-9H2,1-3H3. The maximum absolute atomic E-state index is 11.9. The number of aromatic amines is 1. The summed E-state index contributed by atoms with van der Waals surface area (Å²) < 4.78 is 25.7. The molecule has 0 bridgehead atoms. The van der Waals surface area contributed by atoms with Crippen molar-refractivity contribution in [1.29, 1.82) is 0 Å². The summed E-state index contributed by atoms with van der Waals surface area (Å²) in [5.74, 6) is 0. The molecule has 1 heterocycles. The van der Waals surface area contributed by atoms with Crippen LogP contribution in [0.3, 0.4) is 0 Å². The lowest BCUT2D eigenvalue weighted by atomic mass is 10.1. The van der Waals surface area contributed by atoms with Crippen molar-refractivity contribution in [3.05, 3.63) is 36.0 Å². The highest BCUT2D eigenvalue weighted by atomic mass is 32.2. The summed E-state index contributed by atoms with van der Waals surface area (Å²) >= 11 is 0. The predicted octanol–water partition coefficient (Wildman–Crippen LogP) is 2.43. The molecule has 2 aromatic rings. The maximum atomic E-state index is 11.9. The molecule has 2 N–H and O–H groups in total. The average Bonchev–Trinajstić information content (AvgIpc) is 2.71. The fourth-order valence-electron chi connectivity index (χ4n) is 1.88. The van der Waals surface area contributed by atoms with Gasteiger partial charge in [-0.15, -0.1) is 0 Å². The van der Waals surface area contributed by atoms with Crippen LogP contribution in [0.25, 0.3) is 10.9 Å². The van der Waals surface area contributed by atoms with E-state index < -0.39 is 14.8 Å². The molecule has 2 rings (SSSR count). The van der Waals surface area contributed by atoms with Gasteiger partial charge in [0.15, 0.2) is 0 Å². The van der Waals surface area contributed by atoms with E-state index in [-0.39, 0.29) is 0 Å². The molecule has 0 amide bonds. The molecule has 0 aliphatic rings. The van der Waals surface area contributed by atoms with Gasteiger partial charge in [-0.3, -0.25) is 0 Å². The smallest absolute Gasteiger partial charge is 0.216 e. The number of para-hydroxylation sites is 1. The fourth-order valence-corrected chi connectivity index (χ4v) is 2.68. The molecule has 0 atom stereocenters. The van der Waals surface area contributed by atoms with E-state index in [1.807, 2.05) is 30.5 Å². The Labute approximate surface area is 114 Å². The molecule has 4 nitrogen and oxygen atoms in total. The summed E-state index contributed by atoms with van der Waals surface area (Å²) in [5, 5.41) is 1.15. The summed E-state index contributed by atoms with van der Waals surface area (Å²) in [4.78, 5) is 3.19. The molecule has 0 saturated carbocycles. The molecule has 0 spiro atoms. The number of rotatable bonds is 4. The predicted molar refractivity (Wildman–Crippen MR) is 78.7 cm³/mol. The molecule has 0 unspecified atom stereocenters. The van der Waals surface area contributed by atoms with E-state index in [4.69, 9.17) is 0 Å². The van der Waals surface area contributed by atoms with Crippen molar-refractivity contribution >= 4 is 20.9 Å². The number of H-pyrrole nitrogens is 1. The fraction of sp³-hybridized carbons (Fsp3) is 0.429. The van der Waals surface area contributed by atoms with Crippen LogP contribution in [0.1, 0.15) is 26.3 Å². The second-order valence-corrected chi connectivity index (χ2v) is 8.14. The van der Waals surface area contributed by atoms with Crippen LogP contribution in [-0.4, -0.2) is 24.7 Å². The van der Waals surface area contributed by atoms with Gasteiger partial charge in [0.2, 0.25) is 10.0 Å². The van der Waals surface area contributed by atoms with Gasteiger partial charge in [-0.1, -0.05) is 18.2 Å². The molecule has 1 aromatic carbocycles. The molecular formula is C14H20N2O2S. The molecule has 0 aliphatic heterocycles. The normalized spacial score (nSPS) is 13.0. The van der Waals surface area contributed by atoms with Crippen LogP contribution < -0.4 is 4.72 Å². The first-order valence-corrected chi connectivity index (χ1v) is 7.84. The highest BCUT2D eigenvalue weighted by Gasteiger charge is 2.28. The summed E-state index contributed by atoms with van der Waals surface area (Å²) in [6.07, 6.45) is 2.62. The largest absolute Gasteiger partial charge is 0.361 e. The minimum absolute atomic E-state index is 0.418. The van der Waals surface area contributed by atoms with E-state index in [0.29, 0.717) is 13.0 Å². The number of aromatic nitrogens is 1. The molecule has 19 heavy (non-hydrogen) atoms. The van der Waals surface area contributed by atoms with E-state index in [0.717, 1.165) is 16.5 Å². The Morgan fingerprint density at radius 3 is 2.58 bits per heavy atom. The van der Waals surface area contributed by atoms with Gasteiger partial charge in [0.1, 0.15) is 0 Å². The highest BCUT2D eigenvalue weighted by molar-refractivity contribution is 7.90. The topological polar surface area (TPSA) is 62.0 Å². The second-order valence-electron chi connectivity index (χ2n) is 5.62.